The van der Waals surface area contributed by atoms with Crippen molar-refractivity contribution in [2.24, 2.45) is 0 Å². The molecule has 4 rings (SSSR count). The Balaban J connectivity index is 1.44. The zero-order valence-corrected chi connectivity index (χ0v) is 18.8. The standard InChI is InChI=1S/C26H30N2O5/c1-17(15-23(29)30)27-24(31)26(13-7-2-8-14-26)28-25(32)33-16-22-20-11-5-3-9-18(20)19-10-4-6-12-21(19)22/h3-6,9-12,17,22H,2,7-8,13-16H2,1H3,(H,27,31)(H,28,32)(H,29,30). The molecule has 2 aromatic carbocycles. The predicted molar refractivity (Wildman–Crippen MR) is 124 cm³/mol. The molecular weight excluding hydrogens is 420 g/mol. The molecule has 1 saturated carbocycles. The number of carboxylic acid groups (broad SMARTS) is 1. The quantitative estimate of drug-likeness (QED) is 0.586. The summed E-state index contributed by atoms with van der Waals surface area (Å²) < 4.78 is 5.66. The fourth-order valence-corrected chi connectivity index (χ4v) is 5.07. The molecule has 2 aliphatic rings. The molecule has 7 nitrogen and oxygen atoms in total. The first-order chi connectivity index (χ1) is 15.9. The van der Waals surface area contributed by atoms with Crippen molar-refractivity contribution in [1.82, 2.24) is 10.6 Å². The molecule has 7 heteroatoms. The van der Waals surface area contributed by atoms with Crippen LogP contribution in [0.2, 0.25) is 0 Å². The van der Waals surface area contributed by atoms with Crippen molar-refractivity contribution in [3.05, 3.63) is 59.7 Å². The number of aliphatic carboxylic acids is 1. The van der Waals surface area contributed by atoms with Crippen molar-refractivity contribution in [3.8, 4) is 11.1 Å². The van der Waals surface area contributed by atoms with Gasteiger partial charge in [0.15, 0.2) is 0 Å². The number of carbonyl (C=O) groups is 3. The van der Waals surface area contributed by atoms with Gasteiger partial charge in [-0.05, 0) is 42.0 Å². The molecule has 0 bridgehead atoms. The zero-order chi connectivity index (χ0) is 23.4. The molecule has 174 valence electrons. The van der Waals surface area contributed by atoms with Crippen LogP contribution in [0.1, 0.15) is 62.5 Å². The van der Waals surface area contributed by atoms with E-state index in [0.717, 1.165) is 41.5 Å². The molecule has 1 fully saturated rings. The Bertz CT molecular complexity index is 999. The van der Waals surface area contributed by atoms with E-state index in [1.54, 1.807) is 6.92 Å². The number of nitrogens with one attached hydrogen (secondary N) is 2. The molecule has 2 amide bonds. The maximum Gasteiger partial charge on any atom is 0.408 e. The molecule has 3 N–H and O–H groups in total. The second-order valence-electron chi connectivity index (χ2n) is 9.07. The van der Waals surface area contributed by atoms with E-state index in [4.69, 9.17) is 9.84 Å². The van der Waals surface area contributed by atoms with Crippen LogP contribution in [0.25, 0.3) is 11.1 Å². The molecule has 0 heterocycles. The molecule has 0 spiro atoms. The second-order valence-corrected chi connectivity index (χ2v) is 9.07. The van der Waals surface area contributed by atoms with Crippen molar-refractivity contribution >= 4 is 18.0 Å². The van der Waals surface area contributed by atoms with Crippen molar-refractivity contribution in [2.75, 3.05) is 6.61 Å². The van der Waals surface area contributed by atoms with E-state index in [0.29, 0.717) is 12.8 Å². The van der Waals surface area contributed by atoms with E-state index in [1.807, 2.05) is 24.3 Å². The van der Waals surface area contributed by atoms with Gasteiger partial charge in [0, 0.05) is 12.0 Å². The fourth-order valence-electron chi connectivity index (χ4n) is 5.07. The zero-order valence-electron chi connectivity index (χ0n) is 18.8. The van der Waals surface area contributed by atoms with Crippen molar-refractivity contribution in [2.45, 2.75) is 62.9 Å². The highest BCUT2D eigenvalue weighted by atomic mass is 16.5. The van der Waals surface area contributed by atoms with Crippen LogP contribution in [0, 0.1) is 0 Å². The lowest BCUT2D eigenvalue weighted by Gasteiger charge is -2.37. The van der Waals surface area contributed by atoms with E-state index in [-0.39, 0.29) is 24.9 Å². The van der Waals surface area contributed by atoms with Gasteiger partial charge in [-0.25, -0.2) is 4.79 Å². The summed E-state index contributed by atoms with van der Waals surface area (Å²) in [6.07, 6.45) is 2.82. The third kappa shape index (κ3) is 4.87. The first kappa shape index (κ1) is 22.8. The summed E-state index contributed by atoms with van der Waals surface area (Å²) in [4.78, 5) is 36.9. The van der Waals surface area contributed by atoms with Gasteiger partial charge < -0.3 is 20.5 Å². The second kappa shape index (κ2) is 9.65. The Kier molecular flexibility index (Phi) is 6.67. The SMILES string of the molecule is CC(CC(=O)O)NC(=O)C1(NC(=O)OCC2c3ccccc3-c3ccccc32)CCCCC1. The minimum atomic E-state index is -1.08. The maximum atomic E-state index is 13.1. The summed E-state index contributed by atoms with van der Waals surface area (Å²) in [5, 5.41) is 14.6. The van der Waals surface area contributed by atoms with Crippen LogP contribution in [0.5, 0.6) is 0 Å². The molecule has 0 radical (unpaired) electrons. The Morgan fingerprint density at radius 1 is 1.00 bits per heavy atom. The molecule has 0 aliphatic heterocycles. The lowest BCUT2D eigenvalue weighted by atomic mass is 9.80. The van der Waals surface area contributed by atoms with Crippen molar-refractivity contribution in [1.29, 1.82) is 0 Å². The third-order valence-electron chi connectivity index (χ3n) is 6.69. The van der Waals surface area contributed by atoms with Gasteiger partial charge in [0.05, 0.1) is 6.42 Å². The van der Waals surface area contributed by atoms with Gasteiger partial charge in [-0.2, -0.15) is 0 Å². The highest BCUT2D eigenvalue weighted by Gasteiger charge is 2.42. The van der Waals surface area contributed by atoms with E-state index < -0.39 is 23.6 Å². The average molecular weight is 451 g/mol. The molecule has 33 heavy (non-hydrogen) atoms. The summed E-state index contributed by atoms with van der Waals surface area (Å²) in [5.41, 5.74) is 3.47. The summed E-state index contributed by atoms with van der Waals surface area (Å²) in [6.45, 7) is 1.82. The van der Waals surface area contributed by atoms with Crippen LogP contribution in [-0.4, -0.2) is 41.3 Å². The lowest BCUT2D eigenvalue weighted by Crippen LogP contribution is -2.61. The number of carboxylic acids is 1. The Morgan fingerprint density at radius 3 is 2.15 bits per heavy atom. The first-order valence-corrected chi connectivity index (χ1v) is 11.6. The Hall–Kier alpha value is -3.35. The number of hydrogen-bond acceptors (Lipinski definition) is 4. The monoisotopic (exact) mass is 450 g/mol. The topological polar surface area (TPSA) is 105 Å². The van der Waals surface area contributed by atoms with E-state index in [9.17, 15) is 14.4 Å². The number of alkyl carbamates (subject to hydrolysis) is 1. The number of fused-ring (bicyclic) bond motifs is 3. The number of amides is 2. The van der Waals surface area contributed by atoms with Gasteiger partial charge in [0.25, 0.3) is 0 Å². The third-order valence-corrected chi connectivity index (χ3v) is 6.69. The van der Waals surface area contributed by atoms with Gasteiger partial charge in [0.1, 0.15) is 12.1 Å². The Morgan fingerprint density at radius 2 is 1.58 bits per heavy atom. The molecule has 1 unspecified atom stereocenters. The summed E-state index contributed by atoms with van der Waals surface area (Å²) >= 11 is 0. The fraction of sp³-hybridized carbons (Fsp3) is 0.423. The summed E-state index contributed by atoms with van der Waals surface area (Å²) in [7, 11) is 0. The van der Waals surface area contributed by atoms with Crippen molar-refractivity contribution < 1.29 is 24.2 Å². The number of carbonyl (C=O) groups excluding carboxylic acids is 2. The highest BCUT2D eigenvalue weighted by molar-refractivity contribution is 5.90. The number of benzene rings is 2. The maximum absolute atomic E-state index is 13.1. The van der Waals surface area contributed by atoms with Crippen LogP contribution in [-0.2, 0) is 14.3 Å². The minimum Gasteiger partial charge on any atom is -0.481 e. The highest BCUT2D eigenvalue weighted by Crippen LogP contribution is 2.44. The molecule has 0 aromatic heterocycles. The van der Waals surface area contributed by atoms with Crippen molar-refractivity contribution in [3.63, 3.8) is 0 Å². The number of hydrogen-bond donors (Lipinski definition) is 3. The molecule has 1 atom stereocenters. The van der Waals surface area contributed by atoms with Crippen LogP contribution in [0.4, 0.5) is 4.79 Å². The number of ether oxygens (including phenoxy) is 1. The summed E-state index contributed by atoms with van der Waals surface area (Å²) in [6, 6.07) is 15.7. The van der Waals surface area contributed by atoms with Gasteiger partial charge in [-0.3, -0.25) is 9.59 Å². The molecule has 2 aliphatic carbocycles. The smallest absolute Gasteiger partial charge is 0.408 e. The van der Waals surface area contributed by atoms with Crippen LogP contribution >= 0.6 is 0 Å². The first-order valence-electron chi connectivity index (χ1n) is 11.6. The van der Waals surface area contributed by atoms with E-state index in [2.05, 4.69) is 34.9 Å². The van der Waals surface area contributed by atoms with Gasteiger partial charge >= 0.3 is 12.1 Å². The van der Waals surface area contributed by atoms with Gasteiger partial charge in [-0.15, -0.1) is 0 Å². The van der Waals surface area contributed by atoms with Crippen LogP contribution < -0.4 is 10.6 Å². The Labute approximate surface area is 193 Å². The predicted octanol–water partition coefficient (Wildman–Crippen LogP) is 4.21. The largest absolute Gasteiger partial charge is 0.481 e. The van der Waals surface area contributed by atoms with Crippen LogP contribution in [0.15, 0.2) is 48.5 Å². The molecule has 0 saturated heterocycles. The van der Waals surface area contributed by atoms with E-state index >= 15 is 0 Å². The normalized spacial score (nSPS) is 17.4. The molecule has 2 aromatic rings. The average Bonchev–Trinajstić information content (AvgIpc) is 3.11. The molecular formula is C26H30N2O5. The lowest BCUT2D eigenvalue weighted by molar-refractivity contribution is -0.138. The van der Waals surface area contributed by atoms with E-state index in [1.165, 1.54) is 0 Å². The van der Waals surface area contributed by atoms with Gasteiger partial charge in [-0.1, -0.05) is 67.8 Å². The van der Waals surface area contributed by atoms with Crippen LogP contribution in [0.3, 0.4) is 0 Å². The minimum absolute atomic E-state index is 0.0603. The van der Waals surface area contributed by atoms with Gasteiger partial charge in [0.2, 0.25) is 5.91 Å². The summed E-state index contributed by atoms with van der Waals surface area (Å²) in [5.74, 6) is -1.38. The number of rotatable bonds is 7.